The van der Waals surface area contributed by atoms with E-state index < -0.39 is 0 Å². The average molecular weight is 326 g/mol. The third-order valence-electron chi connectivity index (χ3n) is 3.40. The summed E-state index contributed by atoms with van der Waals surface area (Å²) in [5, 5.41) is 2.57. The number of carbonyl (C=O) groups is 1. The van der Waals surface area contributed by atoms with Crippen LogP contribution in [0.1, 0.15) is 16.1 Å². The first kappa shape index (κ1) is 15.4. The van der Waals surface area contributed by atoms with Crippen LogP contribution in [0, 0.1) is 5.82 Å². The molecule has 2 aromatic carbocycles. The number of amides is 1. The van der Waals surface area contributed by atoms with Gasteiger partial charge in [0.05, 0.1) is 0 Å². The molecule has 3 nitrogen and oxygen atoms in total. The maximum atomic E-state index is 13.2. The third kappa shape index (κ3) is 3.63. The Morgan fingerprint density at radius 1 is 1.17 bits per heavy atom. The molecule has 1 amide bonds. The number of halogens is 1. The molecule has 1 heterocycles. The van der Waals surface area contributed by atoms with Crippen molar-refractivity contribution < 1.29 is 9.18 Å². The quantitative estimate of drug-likeness (QED) is 0.719. The minimum absolute atomic E-state index is 0.173. The first-order valence-electron chi connectivity index (χ1n) is 7.14. The van der Waals surface area contributed by atoms with Crippen molar-refractivity contribution in [3.63, 3.8) is 0 Å². The smallest absolute Gasteiger partial charge is 0.273 e. The highest BCUT2D eigenvalue weighted by molar-refractivity contribution is 7.13. The molecule has 0 fully saturated rings. The van der Waals surface area contributed by atoms with Crippen LogP contribution in [0.4, 0.5) is 4.39 Å². The topological polar surface area (TPSA) is 33.2 Å². The van der Waals surface area contributed by atoms with Crippen LogP contribution in [0.15, 0.2) is 60.0 Å². The zero-order valence-electron chi connectivity index (χ0n) is 12.6. The lowest BCUT2D eigenvalue weighted by molar-refractivity contribution is 0.0780. The maximum Gasteiger partial charge on any atom is 0.273 e. The van der Waals surface area contributed by atoms with Gasteiger partial charge in [-0.3, -0.25) is 4.79 Å². The van der Waals surface area contributed by atoms with Crippen molar-refractivity contribution in [3.05, 3.63) is 77.1 Å². The summed E-state index contributed by atoms with van der Waals surface area (Å²) in [6, 6.07) is 16.0. The molecule has 1 aromatic heterocycles. The number of carbonyl (C=O) groups excluding carboxylic acids is 1. The molecule has 3 aromatic rings. The largest absolute Gasteiger partial charge is 0.336 e. The van der Waals surface area contributed by atoms with Gasteiger partial charge in [-0.25, -0.2) is 9.37 Å². The van der Waals surface area contributed by atoms with Gasteiger partial charge in [-0.2, -0.15) is 0 Å². The van der Waals surface area contributed by atoms with E-state index in [-0.39, 0.29) is 11.7 Å². The molecule has 3 rings (SSSR count). The van der Waals surface area contributed by atoms with Crippen LogP contribution >= 0.6 is 11.3 Å². The summed E-state index contributed by atoms with van der Waals surface area (Å²) in [7, 11) is 1.69. The molecule has 0 saturated heterocycles. The molecular weight excluding hydrogens is 311 g/mol. The molecule has 0 spiro atoms. The van der Waals surface area contributed by atoms with Crippen LogP contribution in [0.2, 0.25) is 0 Å². The van der Waals surface area contributed by atoms with E-state index in [1.54, 1.807) is 29.5 Å². The van der Waals surface area contributed by atoms with E-state index in [0.29, 0.717) is 12.2 Å². The summed E-state index contributed by atoms with van der Waals surface area (Å²) in [6.45, 7) is 0.342. The molecule has 0 saturated carbocycles. The Morgan fingerprint density at radius 2 is 1.96 bits per heavy atom. The fourth-order valence-corrected chi connectivity index (χ4v) is 3.06. The minimum atomic E-state index is -0.302. The highest BCUT2D eigenvalue weighted by atomic mass is 32.1. The predicted octanol–water partition coefficient (Wildman–Crippen LogP) is 4.22. The van der Waals surface area contributed by atoms with Crippen LogP contribution in [-0.2, 0) is 6.54 Å². The lowest BCUT2D eigenvalue weighted by Gasteiger charge is -2.16. The van der Waals surface area contributed by atoms with Crippen LogP contribution in [0.5, 0.6) is 0 Å². The molecule has 0 atom stereocenters. The van der Waals surface area contributed by atoms with Gasteiger partial charge >= 0.3 is 0 Å². The molecule has 0 N–H and O–H groups in total. The van der Waals surface area contributed by atoms with Crippen molar-refractivity contribution in [3.8, 4) is 10.6 Å². The van der Waals surface area contributed by atoms with Crippen molar-refractivity contribution in [1.82, 2.24) is 9.88 Å². The molecular formula is C18H15FN2OS. The SMILES string of the molecule is CN(Cc1cccc(F)c1)C(=O)c1csc(-c2ccccc2)n1. The van der Waals surface area contributed by atoms with Gasteiger partial charge in [-0.05, 0) is 17.7 Å². The highest BCUT2D eigenvalue weighted by Crippen LogP contribution is 2.24. The Bertz CT molecular complexity index is 817. The fraction of sp³-hybridized carbons (Fsp3) is 0.111. The molecule has 0 aliphatic carbocycles. The second kappa shape index (κ2) is 6.71. The molecule has 0 unspecified atom stereocenters. The van der Waals surface area contributed by atoms with Crippen molar-refractivity contribution >= 4 is 17.2 Å². The summed E-state index contributed by atoms with van der Waals surface area (Å²) in [4.78, 5) is 18.4. The first-order valence-corrected chi connectivity index (χ1v) is 8.02. The molecule has 5 heteroatoms. The van der Waals surface area contributed by atoms with Gasteiger partial charge in [0.25, 0.3) is 5.91 Å². The second-order valence-corrected chi connectivity index (χ2v) is 6.05. The standard InChI is InChI=1S/C18H15FN2OS/c1-21(11-13-6-5-9-15(19)10-13)18(22)16-12-23-17(20-16)14-7-3-2-4-8-14/h2-10,12H,11H2,1H3. The number of benzene rings is 2. The normalized spacial score (nSPS) is 10.5. The van der Waals surface area contributed by atoms with Gasteiger partial charge in [-0.1, -0.05) is 42.5 Å². The Balaban J connectivity index is 1.74. The average Bonchev–Trinajstić information content (AvgIpc) is 3.05. The zero-order valence-corrected chi connectivity index (χ0v) is 13.4. The minimum Gasteiger partial charge on any atom is -0.336 e. The number of aromatic nitrogens is 1. The summed E-state index contributed by atoms with van der Waals surface area (Å²) < 4.78 is 13.2. The number of thiazole rings is 1. The van der Waals surface area contributed by atoms with Gasteiger partial charge < -0.3 is 4.90 Å². The molecule has 116 valence electrons. The van der Waals surface area contributed by atoms with Crippen molar-refractivity contribution in [2.75, 3.05) is 7.05 Å². The van der Waals surface area contributed by atoms with Crippen LogP contribution in [0.3, 0.4) is 0 Å². The number of hydrogen-bond donors (Lipinski definition) is 0. The van der Waals surface area contributed by atoms with Crippen LogP contribution in [-0.4, -0.2) is 22.8 Å². The number of nitrogens with zero attached hydrogens (tertiary/aromatic N) is 2. The van der Waals surface area contributed by atoms with Crippen molar-refractivity contribution in [1.29, 1.82) is 0 Å². The van der Waals surface area contributed by atoms with Crippen molar-refractivity contribution in [2.24, 2.45) is 0 Å². The summed E-state index contributed by atoms with van der Waals surface area (Å²) in [5.41, 5.74) is 2.15. The summed E-state index contributed by atoms with van der Waals surface area (Å²) in [6.07, 6.45) is 0. The monoisotopic (exact) mass is 326 g/mol. The van der Waals surface area contributed by atoms with Gasteiger partial charge in [0.15, 0.2) is 0 Å². The number of hydrogen-bond acceptors (Lipinski definition) is 3. The Morgan fingerprint density at radius 3 is 2.70 bits per heavy atom. The molecule has 23 heavy (non-hydrogen) atoms. The molecule has 0 aliphatic rings. The maximum absolute atomic E-state index is 13.2. The second-order valence-electron chi connectivity index (χ2n) is 5.20. The van der Waals surface area contributed by atoms with E-state index in [0.717, 1.165) is 16.1 Å². The first-order chi connectivity index (χ1) is 11.1. The van der Waals surface area contributed by atoms with Gasteiger partial charge in [0.1, 0.15) is 16.5 Å². The Kier molecular flexibility index (Phi) is 4.48. The van der Waals surface area contributed by atoms with E-state index >= 15 is 0 Å². The summed E-state index contributed by atoms with van der Waals surface area (Å²) in [5.74, 6) is -0.476. The highest BCUT2D eigenvalue weighted by Gasteiger charge is 2.16. The van der Waals surface area contributed by atoms with E-state index in [2.05, 4.69) is 4.98 Å². The van der Waals surface area contributed by atoms with Gasteiger partial charge in [-0.15, -0.1) is 11.3 Å². The van der Waals surface area contributed by atoms with E-state index in [9.17, 15) is 9.18 Å². The Labute approximate surface area is 138 Å². The van der Waals surface area contributed by atoms with Crippen LogP contribution < -0.4 is 0 Å². The van der Waals surface area contributed by atoms with Gasteiger partial charge in [0, 0.05) is 24.5 Å². The van der Waals surface area contributed by atoms with Crippen molar-refractivity contribution in [2.45, 2.75) is 6.54 Å². The molecule has 0 radical (unpaired) electrons. The van der Waals surface area contributed by atoms with E-state index in [1.807, 2.05) is 30.3 Å². The van der Waals surface area contributed by atoms with Crippen LogP contribution in [0.25, 0.3) is 10.6 Å². The molecule has 0 bridgehead atoms. The van der Waals surface area contributed by atoms with Gasteiger partial charge in [0.2, 0.25) is 0 Å². The zero-order chi connectivity index (χ0) is 16.2. The number of rotatable bonds is 4. The third-order valence-corrected chi connectivity index (χ3v) is 4.29. The summed E-state index contributed by atoms with van der Waals surface area (Å²) >= 11 is 1.44. The van der Waals surface area contributed by atoms with E-state index in [1.165, 1.54) is 23.5 Å². The molecule has 0 aliphatic heterocycles. The fourth-order valence-electron chi connectivity index (χ4n) is 2.26. The lowest BCUT2D eigenvalue weighted by atomic mass is 10.2. The van der Waals surface area contributed by atoms with E-state index in [4.69, 9.17) is 0 Å². The predicted molar refractivity (Wildman–Crippen MR) is 89.7 cm³/mol. The Hall–Kier alpha value is -2.53. The lowest BCUT2D eigenvalue weighted by Crippen LogP contribution is -2.26.